The number of ether oxygens (including phenoxy) is 1. The standard InChI is InChI=1S/C24H26N6O3/c1-15-14-25-23(29-22(15)26-19-6-7-21-20(13-19)28-24(31)33-21)27-18-5-3-4-17(12-18)16(2)30-8-10-32-11-9-30/h3-7,12-14,16H,8-11H2,1-2H3,(H,28,31)(H2,25,26,27,29). The van der Waals surface area contributed by atoms with Gasteiger partial charge in [0.2, 0.25) is 5.95 Å². The summed E-state index contributed by atoms with van der Waals surface area (Å²) in [5, 5.41) is 6.62. The van der Waals surface area contributed by atoms with Crippen LogP contribution in [0.25, 0.3) is 11.1 Å². The Morgan fingerprint density at radius 3 is 2.76 bits per heavy atom. The molecular weight excluding hydrogens is 420 g/mol. The van der Waals surface area contributed by atoms with E-state index in [0.29, 0.717) is 28.9 Å². The van der Waals surface area contributed by atoms with Crippen LogP contribution in [0.3, 0.4) is 0 Å². The van der Waals surface area contributed by atoms with E-state index >= 15 is 0 Å². The molecule has 0 spiro atoms. The predicted octanol–water partition coefficient (Wildman–Crippen LogP) is 4.10. The Morgan fingerprint density at radius 1 is 1.09 bits per heavy atom. The molecule has 0 bridgehead atoms. The molecule has 5 rings (SSSR count). The Balaban J connectivity index is 1.34. The maximum absolute atomic E-state index is 11.4. The van der Waals surface area contributed by atoms with E-state index in [2.05, 4.69) is 49.5 Å². The molecule has 9 heteroatoms. The Labute approximate surface area is 190 Å². The van der Waals surface area contributed by atoms with Crippen molar-refractivity contribution in [2.75, 3.05) is 36.9 Å². The Kier molecular flexibility index (Phi) is 5.80. The zero-order valence-corrected chi connectivity index (χ0v) is 18.6. The van der Waals surface area contributed by atoms with Crippen LogP contribution in [0.2, 0.25) is 0 Å². The van der Waals surface area contributed by atoms with Crippen molar-refractivity contribution in [1.29, 1.82) is 0 Å². The van der Waals surface area contributed by atoms with E-state index in [4.69, 9.17) is 9.15 Å². The van der Waals surface area contributed by atoms with Crippen LogP contribution in [0.15, 0.2) is 57.9 Å². The minimum atomic E-state index is -0.475. The molecule has 1 fully saturated rings. The van der Waals surface area contributed by atoms with Gasteiger partial charge in [0.1, 0.15) is 5.82 Å². The maximum Gasteiger partial charge on any atom is 0.417 e. The molecule has 2 aromatic heterocycles. The third-order valence-corrected chi connectivity index (χ3v) is 5.87. The van der Waals surface area contributed by atoms with Gasteiger partial charge in [-0.1, -0.05) is 12.1 Å². The number of oxazole rings is 1. The number of H-pyrrole nitrogens is 1. The van der Waals surface area contributed by atoms with E-state index in [-0.39, 0.29) is 0 Å². The van der Waals surface area contributed by atoms with Gasteiger partial charge in [0.05, 0.1) is 18.7 Å². The van der Waals surface area contributed by atoms with E-state index < -0.39 is 5.76 Å². The fourth-order valence-electron chi connectivity index (χ4n) is 3.98. The zero-order valence-electron chi connectivity index (χ0n) is 18.6. The van der Waals surface area contributed by atoms with Gasteiger partial charge in [-0.3, -0.25) is 9.88 Å². The fourth-order valence-corrected chi connectivity index (χ4v) is 3.98. The van der Waals surface area contributed by atoms with E-state index in [0.717, 1.165) is 43.2 Å². The summed E-state index contributed by atoms with van der Waals surface area (Å²) in [6.07, 6.45) is 1.77. The quantitative estimate of drug-likeness (QED) is 0.406. The van der Waals surface area contributed by atoms with Crippen molar-refractivity contribution in [2.24, 2.45) is 0 Å². The lowest BCUT2D eigenvalue weighted by atomic mass is 10.1. The van der Waals surface area contributed by atoms with Crippen LogP contribution in [-0.4, -0.2) is 46.2 Å². The number of benzene rings is 2. The number of hydrogen-bond acceptors (Lipinski definition) is 8. The second kappa shape index (κ2) is 9.05. The molecule has 4 aromatic rings. The third kappa shape index (κ3) is 4.74. The predicted molar refractivity (Wildman–Crippen MR) is 127 cm³/mol. The lowest BCUT2D eigenvalue weighted by molar-refractivity contribution is 0.0199. The summed E-state index contributed by atoms with van der Waals surface area (Å²) >= 11 is 0. The van der Waals surface area contributed by atoms with Gasteiger partial charge >= 0.3 is 5.76 Å². The van der Waals surface area contributed by atoms with Crippen molar-refractivity contribution in [3.8, 4) is 0 Å². The number of anilines is 4. The van der Waals surface area contributed by atoms with Gasteiger partial charge in [-0.25, -0.2) is 9.78 Å². The molecule has 2 aromatic carbocycles. The summed E-state index contributed by atoms with van der Waals surface area (Å²) in [5.41, 5.74) is 4.99. The van der Waals surface area contributed by atoms with E-state index in [1.165, 1.54) is 5.56 Å². The summed E-state index contributed by atoms with van der Waals surface area (Å²) in [4.78, 5) is 25.6. The molecule has 1 aliphatic rings. The molecule has 9 nitrogen and oxygen atoms in total. The summed E-state index contributed by atoms with van der Waals surface area (Å²) in [6, 6.07) is 14.0. The maximum atomic E-state index is 11.4. The van der Waals surface area contributed by atoms with Crippen LogP contribution in [0.5, 0.6) is 0 Å². The number of nitrogens with zero attached hydrogens (tertiary/aromatic N) is 3. The molecule has 0 radical (unpaired) electrons. The number of aromatic amines is 1. The first-order chi connectivity index (χ1) is 16.0. The summed E-state index contributed by atoms with van der Waals surface area (Å²) in [7, 11) is 0. The van der Waals surface area contributed by atoms with Gasteiger partial charge < -0.3 is 19.8 Å². The average Bonchev–Trinajstić information content (AvgIpc) is 3.21. The second-order valence-corrected chi connectivity index (χ2v) is 8.15. The van der Waals surface area contributed by atoms with Crippen molar-refractivity contribution < 1.29 is 9.15 Å². The zero-order chi connectivity index (χ0) is 22.8. The highest BCUT2D eigenvalue weighted by Crippen LogP contribution is 2.26. The van der Waals surface area contributed by atoms with Gasteiger partial charge in [-0.15, -0.1) is 0 Å². The number of hydrogen-bond donors (Lipinski definition) is 3. The topological polar surface area (TPSA) is 108 Å². The van der Waals surface area contributed by atoms with E-state index in [1.54, 1.807) is 12.3 Å². The molecule has 33 heavy (non-hydrogen) atoms. The Morgan fingerprint density at radius 2 is 1.91 bits per heavy atom. The lowest BCUT2D eigenvalue weighted by Gasteiger charge is -2.32. The SMILES string of the molecule is Cc1cnc(Nc2cccc(C(C)N3CCOCC3)c2)nc1Nc1ccc2oc(=O)[nH]c2c1. The third-order valence-electron chi connectivity index (χ3n) is 5.87. The van der Waals surface area contributed by atoms with E-state index in [1.807, 2.05) is 31.2 Å². The van der Waals surface area contributed by atoms with Crippen LogP contribution in [-0.2, 0) is 4.74 Å². The van der Waals surface area contributed by atoms with Gasteiger partial charge in [0, 0.05) is 42.3 Å². The molecule has 1 saturated heterocycles. The molecule has 170 valence electrons. The van der Waals surface area contributed by atoms with Gasteiger partial charge in [-0.05, 0) is 49.7 Å². The molecule has 1 aliphatic heterocycles. The number of nitrogens with one attached hydrogen (secondary N) is 3. The number of aromatic nitrogens is 3. The molecule has 0 saturated carbocycles. The highest BCUT2D eigenvalue weighted by Gasteiger charge is 2.18. The lowest BCUT2D eigenvalue weighted by Crippen LogP contribution is -2.38. The van der Waals surface area contributed by atoms with Crippen molar-refractivity contribution in [3.05, 3.63) is 70.3 Å². The van der Waals surface area contributed by atoms with Crippen LogP contribution in [0.4, 0.5) is 23.1 Å². The first-order valence-corrected chi connectivity index (χ1v) is 11.0. The Bertz CT molecular complexity index is 1330. The van der Waals surface area contributed by atoms with Crippen molar-refractivity contribution >= 4 is 34.2 Å². The van der Waals surface area contributed by atoms with Gasteiger partial charge in [0.25, 0.3) is 0 Å². The molecule has 3 N–H and O–H groups in total. The van der Waals surface area contributed by atoms with Crippen molar-refractivity contribution in [1.82, 2.24) is 19.9 Å². The molecule has 0 amide bonds. The Hall–Kier alpha value is -3.69. The summed E-state index contributed by atoms with van der Waals surface area (Å²) < 4.78 is 10.5. The van der Waals surface area contributed by atoms with Crippen molar-refractivity contribution in [2.45, 2.75) is 19.9 Å². The van der Waals surface area contributed by atoms with E-state index in [9.17, 15) is 4.79 Å². The van der Waals surface area contributed by atoms with Gasteiger partial charge in [-0.2, -0.15) is 4.98 Å². The summed E-state index contributed by atoms with van der Waals surface area (Å²) in [5.74, 6) is 0.699. The minimum absolute atomic E-state index is 0.302. The second-order valence-electron chi connectivity index (χ2n) is 8.15. The summed E-state index contributed by atoms with van der Waals surface area (Å²) in [6.45, 7) is 7.59. The molecular formula is C24H26N6O3. The first kappa shape index (κ1) is 21.2. The first-order valence-electron chi connectivity index (χ1n) is 11.0. The van der Waals surface area contributed by atoms with Crippen LogP contribution < -0.4 is 16.4 Å². The van der Waals surface area contributed by atoms with Gasteiger partial charge in [0.15, 0.2) is 5.58 Å². The minimum Gasteiger partial charge on any atom is -0.408 e. The fraction of sp³-hybridized carbons (Fsp3) is 0.292. The number of morpholine rings is 1. The van der Waals surface area contributed by atoms with Crippen LogP contribution in [0.1, 0.15) is 24.1 Å². The largest absolute Gasteiger partial charge is 0.417 e. The molecule has 0 aliphatic carbocycles. The van der Waals surface area contributed by atoms with Crippen LogP contribution >= 0.6 is 0 Å². The normalized spacial score (nSPS) is 15.5. The average molecular weight is 447 g/mol. The number of aryl methyl sites for hydroxylation is 1. The number of rotatable bonds is 6. The molecule has 1 unspecified atom stereocenters. The molecule has 3 heterocycles. The monoisotopic (exact) mass is 446 g/mol. The highest BCUT2D eigenvalue weighted by molar-refractivity contribution is 5.78. The number of fused-ring (bicyclic) bond motifs is 1. The molecule has 1 atom stereocenters. The van der Waals surface area contributed by atoms with Crippen LogP contribution in [0, 0.1) is 6.92 Å². The smallest absolute Gasteiger partial charge is 0.408 e. The highest BCUT2D eigenvalue weighted by atomic mass is 16.5. The van der Waals surface area contributed by atoms with Crippen molar-refractivity contribution in [3.63, 3.8) is 0 Å².